The van der Waals surface area contributed by atoms with Gasteiger partial charge in [-0.2, -0.15) is 0 Å². The van der Waals surface area contributed by atoms with E-state index in [1.165, 1.54) is 25.8 Å². The van der Waals surface area contributed by atoms with E-state index in [1.54, 1.807) is 12.4 Å². The predicted octanol–water partition coefficient (Wildman–Crippen LogP) is 0.707. The van der Waals surface area contributed by atoms with Crippen molar-refractivity contribution in [3.63, 3.8) is 0 Å². The number of aromatic nitrogens is 2. The first-order valence-corrected chi connectivity index (χ1v) is 5.89. The van der Waals surface area contributed by atoms with Crippen LogP contribution in [0.15, 0.2) is 12.4 Å². The average Bonchev–Trinajstić information content (AvgIpc) is 3.04. The zero-order valence-corrected chi connectivity index (χ0v) is 9.26. The van der Waals surface area contributed by atoms with Crippen LogP contribution in [0.3, 0.4) is 0 Å². The van der Waals surface area contributed by atoms with E-state index in [1.807, 2.05) is 0 Å². The average molecular weight is 219 g/mol. The molecule has 2 heterocycles. The lowest BCUT2D eigenvalue weighted by molar-refractivity contribution is 0.326. The maximum Gasteiger partial charge on any atom is 0.222 e. The van der Waals surface area contributed by atoms with E-state index in [2.05, 4.69) is 20.2 Å². The molecule has 0 bridgehead atoms. The highest BCUT2D eigenvalue weighted by Gasteiger charge is 2.34. The molecule has 1 aliphatic carbocycles. The van der Waals surface area contributed by atoms with Gasteiger partial charge in [-0.3, -0.25) is 4.90 Å². The number of nitrogen functional groups attached to an aromatic ring is 1. The number of nitrogens with two attached hydrogens (primary N) is 1. The van der Waals surface area contributed by atoms with Crippen molar-refractivity contribution < 1.29 is 0 Å². The van der Waals surface area contributed by atoms with Crippen LogP contribution >= 0.6 is 0 Å². The van der Waals surface area contributed by atoms with Crippen LogP contribution < -0.4 is 11.1 Å². The largest absolute Gasteiger partial charge is 0.396 e. The maximum atomic E-state index is 5.54. The van der Waals surface area contributed by atoms with Gasteiger partial charge in [0, 0.05) is 25.2 Å². The molecule has 1 saturated carbocycles. The predicted molar refractivity (Wildman–Crippen MR) is 63.1 cm³/mol. The van der Waals surface area contributed by atoms with E-state index in [0.717, 1.165) is 12.6 Å². The Balaban J connectivity index is 1.57. The first-order chi connectivity index (χ1) is 7.81. The van der Waals surface area contributed by atoms with Crippen molar-refractivity contribution in [2.75, 3.05) is 24.1 Å². The molecule has 1 atom stereocenters. The summed E-state index contributed by atoms with van der Waals surface area (Å²) in [6.45, 7) is 2.33. The van der Waals surface area contributed by atoms with Gasteiger partial charge in [0.05, 0.1) is 18.1 Å². The van der Waals surface area contributed by atoms with Gasteiger partial charge in [-0.05, 0) is 19.3 Å². The van der Waals surface area contributed by atoms with Crippen LogP contribution in [-0.4, -0.2) is 40.0 Å². The lowest BCUT2D eigenvalue weighted by Gasteiger charge is -2.15. The van der Waals surface area contributed by atoms with Gasteiger partial charge in [-0.15, -0.1) is 0 Å². The highest BCUT2D eigenvalue weighted by Crippen LogP contribution is 2.30. The lowest BCUT2D eigenvalue weighted by atomic mass is 10.3. The van der Waals surface area contributed by atoms with E-state index in [9.17, 15) is 0 Å². The summed E-state index contributed by atoms with van der Waals surface area (Å²) in [5.41, 5.74) is 6.15. The Bertz CT molecular complexity index is 359. The summed E-state index contributed by atoms with van der Waals surface area (Å²) in [6, 6.07) is 1.35. The zero-order valence-electron chi connectivity index (χ0n) is 9.26. The molecule has 1 aromatic heterocycles. The van der Waals surface area contributed by atoms with Crippen molar-refractivity contribution in [2.24, 2.45) is 0 Å². The van der Waals surface area contributed by atoms with Gasteiger partial charge in [0.15, 0.2) is 0 Å². The fraction of sp³-hybridized carbons (Fsp3) is 0.636. The third-order valence-corrected chi connectivity index (χ3v) is 3.29. The first-order valence-electron chi connectivity index (χ1n) is 5.89. The summed E-state index contributed by atoms with van der Waals surface area (Å²) in [5, 5.41) is 3.36. The number of hydrogen-bond acceptors (Lipinski definition) is 5. The summed E-state index contributed by atoms with van der Waals surface area (Å²) in [5.74, 6) is 0.692. The molecule has 1 saturated heterocycles. The van der Waals surface area contributed by atoms with Crippen LogP contribution in [0.5, 0.6) is 0 Å². The third kappa shape index (κ3) is 2.09. The minimum absolute atomic E-state index is 0.490. The second kappa shape index (κ2) is 3.90. The summed E-state index contributed by atoms with van der Waals surface area (Å²) in [4.78, 5) is 10.9. The number of likely N-dealkylation sites (tertiary alicyclic amines) is 1. The lowest BCUT2D eigenvalue weighted by Crippen LogP contribution is -2.28. The minimum atomic E-state index is 0.490. The standard InChI is InChI=1S/C11H17N5/c12-8-5-13-11(14-6-8)15-9-3-4-16(7-9)10-1-2-10/h5-6,9-10H,1-4,7,12H2,(H,13,14,15). The third-order valence-electron chi connectivity index (χ3n) is 3.29. The summed E-state index contributed by atoms with van der Waals surface area (Å²) in [7, 11) is 0. The monoisotopic (exact) mass is 219 g/mol. The molecule has 2 fully saturated rings. The highest BCUT2D eigenvalue weighted by molar-refractivity contribution is 5.36. The Labute approximate surface area is 95.1 Å². The summed E-state index contributed by atoms with van der Waals surface area (Å²) in [6.07, 6.45) is 7.23. The number of rotatable bonds is 3. The van der Waals surface area contributed by atoms with Crippen LogP contribution in [-0.2, 0) is 0 Å². The minimum Gasteiger partial charge on any atom is -0.396 e. The van der Waals surface area contributed by atoms with Gasteiger partial charge >= 0.3 is 0 Å². The van der Waals surface area contributed by atoms with Crippen LogP contribution in [0.2, 0.25) is 0 Å². The summed E-state index contributed by atoms with van der Waals surface area (Å²) >= 11 is 0. The van der Waals surface area contributed by atoms with Gasteiger partial charge in [0.1, 0.15) is 0 Å². The van der Waals surface area contributed by atoms with Crippen LogP contribution in [0.4, 0.5) is 11.6 Å². The smallest absolute Gasteiger partial charge is 0.222 e. The molecule has 0 amide bonds. The number of anilines is 2. The number of nitrogens with one attached hydrogen (secondary N) is 1. The van der Waals surface area contributed by atoms with E-state index in [4.69, 9.17) is 5.73 Å². The molecule has 1 aromatic rings. The van der Waals surface area contributed by atoms with Crippen LogP contribution in [0.1, 0.15) is 19.3 Å². The van der Waals surface area contributed by atoms with Crippen molar-refractivity contribution in [3.8, 4) is 0 Å². The fourth-order valence-electron chi connectivity index (χ4n) is 2.27. The van der Waals surface area contributed by atoms with Gasteiger partial charge < -0.3 is 11.1 Å². The van der Waals surface area contributed by atoms with E-state index >= 15 is 0 Å². The Morgan fingerprint density at radius 1 is 1.25 bits per heavy atom. The molecule has 2 aliphatic rings. The van der Waals surface area contributed by atoms with Crippen molar-refractivity contribution in [1.82, 2.24) is 14.9 Å². The van der Waals surface area contributed by atoms with Crippen molar-refractivity contribution in [1.29, 1.82) is 0 Å². The van der Waals surface area contributed by atoms with E-state index in [-0.39, 0.29) is 0 Å². The molecular formula is C11H17N5. The highest BCUT2D eigenvalue weighted by atomic mass is 15.2. The molecule has 1 aliphatic heterocycles. The first kappa shape index (κ1) is 9.84. The van der Waals surface area contributed by atoms with Crippen LogP contribution in [0.25, 0.3) is 0 Å². The molecule has 16 heavy (non-hydrogen) atoms. The van der Waals surface area contributed by atoms with Gasteiger partial charge in [0.2, 0.25) is 5.95 Å². The molecule has 0 radical (unpaired) electrons. The number of hydrogen-bond donors (Lipinski definition) is 2. The molecule has 1 unspecified atom stereocenters. The van der Waals surface area contributed by atoms with Crippen LogP contribution in [0, 0.1) is 0 Å². The van der Waals surface area contributed by atoms with Gasteiger partial charge in [-0.25, -0.2) is 9.97 Å². The van der Waals surface area contributed by atoms with Crippen molar-refractivity contribution in [3.05, 3.63) is 12.4 Å². The summed E-state index contributed by atoms with van der Waals surface area (Å²) < 4.78 is 0. The normalized spacial score (nSPS) is 25.9. The van der Waals surface area contributed by atoms with E-state index in [0.29, 0.717) is 17.7 Å². The maximum absolute atomic E-state index is 5.54. The molecular weight excluding hydrogens is 202 g/mol. The second-order valence-electron chi connectivity index (χ2n) is 4.70. The molecule has 86 valence electrons. The van der Waals surface area contributed by atoms with Gasteiger partial charge in [-0.1, -0.05) is 0 Å². The molecule has 3 rings (SSSR count). The molecule has 3 N–H and O–H groups in total. The van der Waals surface area contributed by atoms with Crippen molar-refractivity contribution in [2.45, 2.75) is 31.3 Å². The topological polar surface area (TPSA) is 67.1 Å². The Hall–Kier alpha value is -1.36. The Morgan fingerprint density at radius 3 is 2.69 bits per heavy atom. The number of nitrogens with zero attached hydrogens (tertiary/aromatic N) is 3. The molecule has 5 nitrogen and oxygen atoms in total. The SMILES string of the molecule is Nc1cnc(NC2CCN(C3CC3)C2)nc1. The quantitative estimate of drug-likeness (QED) is 0.783. The van der Waals surface area contributed by atoms with Gasteiger partial charge in [0.25, 0.3) is 0 Å². The molecule has 0 aromatic carbocycles. The zero-order chi connectivity index (χ0) is 11.0. The second-order valence-corrected chi connectivity index (χ2v) is 4.70. The Morgan fingerprint density at radius 2 is 2.00 bits per heavy atom. The van der Waals surface area contributed by atoms with E-state index < -0.39 is 0 Å². The fourth-order valence-corrected chi connectivity index (χ4v) is 2.27. The molecule has 5 heteroatoms. The Kier molecular flexibility index (Phi) is 2.40. The molecule has 0 spiro atoms. The van der Waals surface area contributed by atoms with Crippen molar-refractivity contribution >= 4 is 11.6 Å².